The van der Waals surface area contributed by atoms with Crippen LogP contribution >= 0.6 is 11.6 Å². The molecule has 2 aliphatic carbocycles. The third-order valence-electron chi connectivity index (χ3n) is 6.04. The van der Waals surface area contributed by atoms with Gasteiger partial charge in [0.15, 0.2) is 0 Å². The van der Waals surface area contributed by atoms with Crippen LogP contribution < -0.4 is 4.74 Å². The maximum Gasteiger partial charge on any atom is 0.337 e. The van der Waals surface area contributed by atoms with Gasteiger partial charge in [-0.3, -0.25) is 0 Å². The summed E-state index contributed by atoms with van der Waals surface area (Å²) in [6, 6.07) is 1.42. The predicted octanol–water partition coefficient (Wildman–Crippen LogP) is 4.03. The zero-order chi connectivity index (χ0) is 15.4. The van der Waals surface area contributed by atoms with Gasteiger partial charge in [-0.1, -0.05) is 32.4 Å². The van der Waals surface area contributed by atoms with Gasteiger partial charge < -0.3 is 9.84 Å². The Bertz CT molecular complexity index is 601. The minimum Gasteiger partial charge on any atom is -0.478 e. The molecule has 1 heterocycles. The molecule has 2 fully saturated rings. The molecule has 2 aliphatic rings. The molecule has 1 N–H and O–H groups in total. The van der Waals surface area contributed by atoms with E-state index in [4.69, 9.17) is 21.4 Å². The first-order valence-corrected chi connectivity index (χ1v) is 7.69. The lowest BCUT2D eigenvalue weighted by atomic mass is 9.70. The molecule has 3 unspecified atom stereocenters. The van der Waals surface area contributed by atoms with E-state index in [2.05, 4.69) is 25.8 Å². The maximum absolute atomic E-state index is 11.1. The zero-order valence-electron chi connectivity index (χ0n) is 12.5. The maximum atomic E-state index is 11.1. The fourth-order valence-electron chi connectivity index (χ4n) is 4.10. The number of hydrogen-bond donors (Lipinski definition) is 1. The van der Waals surface area contributed by atoms with Crippen LogP contribution in [0.25, 0.3) is 0 Å². The summed E-state index contributed by atoms with van der Waals surface area (Å²) in [7, 11) is 0. The number of nitrogens with zero attached hydrogens (tertiary/aromatic N) is 1. The number of hydrogen-bond acceptors (Lipinski definition) is 3. The lowest BCUT2D eigenvalue weighted by Crippen LogP contribution is -2.39. The Kier molecular flexibility index (Phi) is 3.21. The lowest BCUT2D eigenvalue weighted by Gasteiger charge is -2.38. The highest BCUT2D eigenvalue weighted by Gasteiger charge is 2.62. The van der Waals surface area contributed by atoms with Crippen LogP contribution in [0.1, 0.15) is 50.4 Å². The summed E-state index contributed by atoms with van der Waals surface area (Å²) in [6.45, 7) is 6.90. The molecule has 3 atom stereocenters. The molecule has 4 nitrogen and oxygen atoms in total. The molecule has 0 amide bonds. The Labute approximate surface area is 129 Å². The number of halogens is 1. The molecule has 5 heteroatoms. The molecule has 2 bridgehead atoms. The number of aromatic nitrogens is 1. The van der Waals surface area contributed by atoms with E-state index >= 15 is 0 Å². The number of carboxylic acid groups (broad SMARTS) is 1. The first kappa shape index (κ1) is 14.6. The van der Waals surface area contributed by atoms with Gasteiger partial charge in [-0.05, 0) is 30.6 Å². The fourth-order valence-corrected chi connectivity index (χ4v) is 4.29. The van der Waals surface area contributed by atoms with E-state index in [1.807, 2.05) is 0 Å². The third-order valence-corrected chi connectivity index (χ3v) is 6.34. The second-order valence-electron chi connectivity index (χ2n) is 7.02. The van der Waals surface area contributed by atoms with Crippen molar-refractivity contribution >= 4 is 17.6 Å². The van der Waals surface area contributed by atoms with Gasteiger partial charge in [0.1, 0.15) is 6.10 Å². The van der Waals surface area contributed by atoms with Crippen LogP contribution in [-0.2, 0) is 0 Å². The zero-order valence-corrected chi connectivity index (χ0v) is 13.3. The molecule has 2 saturated carbocycles. The summed E-state index contributed by atoms with van der Waals surface area (Å²) in [5.41, 5.74) is 0.400. The summed E-state index contributed by atoms with van der Waals surface area (Å²) in [5.74, 6) is -0.0446. The van der Waals surface area contributed by atoms with Gasteiger partial charge in [-0.25, -0.2) is 9.78 Å². The normalized spacial score (nSPS) is 33.1. The van der Waals surface area contributed by atoms with Crippen molar-refractivity contribution in [3.05, 3.63) is 22.8 Å². The monoisotopic (exact) mass is 309 g/mol. The van der Waals surface area contributed by atoms with Crippen molar-refractivity contribution in [3.8, 4) is 5.88 Å². The van der Waals surface area contributed by atoms with Gasteiger partial charge in [0.05, 0.1) is 16.8 Å². The summed E-state index contributed by atoms with van der Waals surface area (Å²) in [4.78, 5) is 15.3. The van der Waals surface area contributed by atoms with E-state index in [1.165, 1.54) is 18.7 Å². The third kappa shape index (κ3) is 2.03. The molecule has 1 aromatic rings. The molecule has 21 heavy (non-hydrogen) atoms. The SMILES string of the molecule is CC1(C)C2CCC1(C)C(Oc1cc(C(=O)O)c(Cl)cn1)C2. The molecule has 0 saturated heterocycles. The number of ether oxygens (including phenoxy) is 1. The van der Waals surface area contributed by atoms with E-state index in [0.717, 1.165) is 12.8 Å². The number of carboxylic acids is 1. The number of pyridine rings is 1. The molecular formula is C16H20ClNO3. The van der Waals surface area contributed by atoms with Crippen LogP contribution in [0.4, 0.5) is 0 Å². The summed E-state index contributed by atoms with van der Waals surface area (Å²) in [6.07, 6.45) is 4.84. The average molecular weight is 310 g/mol. The molecular weight excluding hydrogens is 290 g/mol. The van der Waals surface area contributed by atoms with Crippen LogP contribution in [0.15, 0.2) is 12.3 Å². The number of carbonyl (C=O) groups is 1. The molecule has 1 aromatic heterocycles. The van der Waals surface area contributed by atoms with Crippen LogP contribution in [0.5, 0.6) is 5.88 Å². The van der Waals surface area contributed by atoms with E-state index < -0.39 is 5.97 Å². The molecule has 0 aliphatic heterocycles. The minimum atomic E-state index is -1.06. The van der Waals surface area contributed by atoms with E-state index in [0.29, 0.717) is 11.8 Å². The Morgan fingerprint density at radius 1 is 1.48 bits per heavy atom. The second kappa shape index (κ2) is 4.60. The van der Waals surface area contributed by atoms with Crippen molar-refractivity contribution in [2.24, 2.45) is 16.7 Å². The van der Waals surface area contributed by atoms with Crippen LogP contribution in [0, 0.1) is 16.7 Å². The standard InChI is InChI=1S/C16H20ClNO3/c1-15(2)9-4-5-16(15,3)12(6-9)21-13-7-10(14(19)20)11(17)8-18-13/h7-9,12H,4-6H2,1-3H3,(H,19,20). The van der Waals surface area contributed by atoms with Crippen molar-refractivity contribution in [1.29, 1.82) is 0 Å². The Hall–Kier alpha value is -1.29. The molecule has 0 radical (unpaired) electrons. The van der Waals surface area contributed by atoms with Crippen LogP contribution in [0.2, 0.25) is 5.02 Å². The quantitative estimate of drug-likeness (QED) is 0.916. The van der Waals surface area contributed by atoms with Crippen LogP contribution in [-0.4, -0.2) is 22.2 Å². The Morgan fingerprint density at radius 2 is 2.19 bits per heavy atom. The van der Waals surface area contributed by atoms with Crippen molar-refractivity contribution < 1.29 is 14.6 Å². The number of aromatic carboxylic acids is 1. The van der Waals surface area contributed by atoms with E-state index in [1.54, 1.807) is 0 Å². The van der Waals surface area contributed by atoms with E-state index in [9.17, 15) is 4.79 Å². The summed E-state index contributed by atoms with van der Waals surface area (Å²) >= 11 is 5.84. The highest BCUT2D eigenvalue weighted by molar-refractivity contribution is 6.33. The van der Waals surface area contributed by atoms with Gasteiger partial charge in [0.25, 0.3) is 0 Å². The molecule has 0 spiro atoms. The topological polar surface area (TPSA) is 59.4 Å². The van der Waals surface area contributed by atoms with Gasteiger partial charge in [0, 0.05) is 11.5 Å². The van der Waals surface area contributed by atoms with Gasteiger partial charge in [-0.15, -0.1) is 0 Å². The second-order valence-corrected chi connectivity index (χ2v) is 7.43. The van der Waals surface area contributed by atoms with Gasteiger partial charge >= 0.3 is 5.97 Å². The average Bonchev–Trinajstić information content (AvgIpc) is 2.74. The minimum absolute atomic E-state index is 0.0363. The summed E-state index contributed by atoms with van der Waals surface area (Å²) in [5, 5.41) is 9.26. The first-order chi connectivity index (χ1) is 9.75. The molecule has 3 rings (SSSR count). The Morgan fingerprint density at radius 3 is 2.71 bits per heavy atom. The van der Waals surface area contributed by atoms with E-state index in [-0.39, 0.29) is 27.5 Å². The largest absolute Gasteiger partial charge is 0.478 e. The molecule has 114 valence electrons. The predicted molar refractivity (Wildman–Crippen MR) is 79.9 cm³/mol. The van der Waals surface area contributed by atoms with Crippen LogP contribution in [0.3, 0.4) is 0 Å². The Balaban J connectivity index is 1.86. The van der Waals surface area contributed by atoms with Gasteiger partial charge in [-0.2, -0.15) is 0 Å². The molecule has 0 aromatic carbocycles. The van der Waals surface area contributed by atoms with Crippen molar-refractivity contribution in [3.63, 3.8) is 0 Å². The summed E-state index contributed by atoms with van der Waals surface area (Å²) < 4.78 is 6.06. The highest BCUT2D eigenvalue weighted by atomic mass is 35.5. The number of fused-ring (bicyclic) bond motifs is 2. The smallest absolute Gasteiger partial charge is 0.337 e. The lowest BCUT2D eigenvalue weighted by molar-refractivity contribution is 0.0271. The fraction of sp³-hybridized carbons (Fsp3) is 0.625. The van der Waals surface area contributed by atoms with Crippen molar-refractivity contribution in [1.82, 2.24) is 4.98 Å². The highest BCUT2D eigenvalue weighted by Crippen LogP contribution is 2.66. The van der Waals surface area contributed by atoms with Crippen molar-refractivity contribution in [2.75, 3.05) is 0 Å². The number of rotatable bonds is 3. The van der Waals surface area contributed by atoms with Gasteiger partial charge in [0.2, 0.25) is 5.88 Å². The first-order valence-electron chi connectivity index (χ1n) is 7.31. The van der Waals surface area contributed by atoms with Crippen molar-refractivity contribution in [2.45, 2.75) is 46.1 Å².